The average Bonchev–Trinajstić information content (AvgIpc) is 3.11. The van der Waals surface area contributed by atoms with Crippen molar-refractivity contribution >= 4 is 22.8 Å². The van der Waals surface area contributed by atoms with E-state index in [0.29, 0.717) is 24.8 Å². The minimum atomic E-state index is 0.123. The molecular formula is C23H33N7O. The number of benzene rings is 1. The third-order valence-corrected chi connectivity index (χ3v) is 6.02. The predicted octanol–water partition coefficient (Wildman–Crippen LogP) is 3.06. The monoisotopic (exact) mass is 423 g/mol. The Labute approximate surface area is 183 Å². The molecule has 31 heavy (non-hydrogen) atoms. The number of nitrogens with two attached hydrogens (primary N) is 1. The summed E-state index contributed by atoms with van der Waals surface area (Å²) in [6, 6.07) is 9.48. The van der Waals surface area contributed by atoms with E-state index in [1.807, 2.05) is 4.68 Å². The summed E-state index contributed by atoms with van der Waals surface area (Å²) in [6.45, 7) is 3.80. The lowest BCUT2D eigenvalue weighted by Crippen LogP contribution is -2.34. The lowest BCUT2D eigenvalue weighted by molar-refractivity contribution is 0.276. The van der Waals surface area contributed by atoms with Crippen LogP contribution in [0, 0.1) is 0 Å². The van der Waals surface area contributed by atoms with Crippen LogP contribution in [0.5, 0.6) is 0 Å². The number of nitrogen functional groups attached to an aromatic ring is 1. The van der Waals surface area contributed by atoms with Gasteiger partial charge < -0.3 is 21.5 Å². The van der Waals surface area contributed by atoms with Crippen molar-refractivity contribution in [3.8, 4) is 0 Å². The molecule has 0 saturated heterocycles. The Morgan fingerprint density at radius 2 is 1.94 bits per heavy atom. The Balaban J connectivity index is 1.52. The number of aromatic nitrogens is 4. The molecule has 2 aromatic heterocycles. The maximum atomic E-state index is 9.41. The van der Waals surface area contributed by atoms with Gasteiger partial charge in [0.05, 0.1) is 12.7 Å². The molecule has 4 rings (SSSR count). The van der Waals surface area contributed by atoms with Crippen LogP contribution >= 0.6 is 0 Å². The highest BCUT2D eigenvalue weighted by molar-refractivity contribution is 5.86. The van der Waals surface area contributed by atoms with Crippen LogP contribution < -0.4 is 16.4 Å². The van der Waals surface area contributed by atoms with Crippen LogP contribution in [0.15, 0.2) is 30.5 Å². The fourth-order valence-corrected chi connectivity index (χ4v) is 4.03. The van der Waals surface area contributed by atoms with E-state index in [2.05, 4.69) is 56.9 Å². The van der Waals surface area contributed by atoms with Crippen LogP contribution in [0.1, 0.15) is 56.6 Å². The number of nitrogens with zero attached hydrogens (tertiary/aromatic N) is 4. The minimum absolute atomic E-state index is 0.123. The Kier molecular flexibility index (Phi) is 6.99. The number of nitrogens with one attached hydrogen (secondary N) is 2. The molecule has 3 aromatic rings. The summed E-state index contributed by atoms with van der Waals surface area (Å²) >= 11 is 0. The molecule has 0 amide bonds. The summed E-state index contributed by atoms with van der Waals surface area (Å²) in [5, 5.41) is 21.0. The van der Waals surface area contributed by atoms with Gasteiger partial charge in [-0.1, -0.05) is 44.0 Å². The van der Waals surface area contributed by atoms with Crippen LogP contribution in [0.25, 0.3) is 11.0 Å². The first-order valence-electron chi connectivity index (χ1n) is 11.3. The van der Waals surface area contributed by atoms with Crippen molar-refractivity contribution in [1.29, 1.82) is 0 Å². The summed E-state index contributed by atoms with van der Waals surface area (Å²) < 4.78 is 1.92. The van der Waals surface area contributed by atoms with Gasteiger partial charge in [0, 0.05) is 25.2 Å². The molecule has 2 heterocycles. The van der Waals surface area contributed by atoms with Gasteiger partial charge in [-0.2, -0.15) is 10.1 Å². The maximum absolute atomic E-state index is 9.41. The Morgan fingerprint density at radius 1 is 1.16 bits per heavy atom. The number of aliphatic hydroxyl groups excluding tert-OH is 1. The van der Waals surface area contributed by atoms with Crippen LogP contribution in [0.2, 0.25) is 0 Å². The molecule has 0 aliphatic heterocycles. The molecule has 1 saturated carbocycles. The van der Waals surface area contributed by atoms with Crippen molar-refractivity contribution in [3.05, 3.63) is 41.6 Å². The zero-order chi connectivity index (χ0) is 21.6. The van der Waals surface area contributed by atoms with E-state index in [9.17, 15) is 5.11 Å². The molecule has 5 N–H and O–H groups in total. The highest BCUT2D eigenvalue weighted by atomic mass is 16.3. The van der Waals surface area contributed by atoms with Gasteiger partial charge in [0.25, 0.3) is 0 Å². The summed E-state index contributed by atoms with van der Waals surface area (Å²) in [4.78, 5) is 8.81. The first kappa shape index (κ1) is 21.5. The van der Waals surface area contributed by atoms with Gasteiger partial charge >= 0.3 is 0 Å². The van der Waals surface area contributed by atoms with Gasteiger partial charge in [0.1, 0.15) is 11.0 Å². The summed E-state index contributed by atoms with van der Waals surface area (Å²) in [5.41, 5.74) is 9.96. The first-order valence-corrected chi connectivity index (χ1v) is 11.3. The Morgan fingerprint density at radius 3 is 2.61 bits per heavy atom. The predicted molar refractivity (Wildman–Crippen MR) is 124 cm³/mol. The van der Waals surface area contributed by atoms with Crippen molar-refractivity contribution in [2.75, 3.05) is 17.7 Å². The summed E-state index contributed by atoms with van der Waals surface area (Å²) in [7, 11) is 0. The number of fused-ring (bicyclic) bond motifs is 1. The van der Waals surface area contributed by atoms with Crippen molar-refractivity contribution in [2.24, 2.45) is 0 Å². The molecule has 1 atom stereocenters. The van der Waals surface area contributed by atoms with Crippen LogP contribution in [0.3, 0.4) is 0 Å². The van der Waals surface area contributed by atoms with E-state index >= 15 is 0 Å². The molecule has 0 radical (unpaired) electrons. The third-order valence-electron chi connectivity index (χ3n) is 6.02. The molecule has 0 unspecified atom stereocenters. The second kappa shape index (κ2) is 10.1. The Bertz CT molecular complexity index is 976. The van der Waals surface area contributed by atoms with E-state index in [-0.39, 0.29) is 18.6 Å². The molecule has 1 aromatic carbocycles. The number of rotatable bonds is 11. The molecule has 1 fully saturated rings. The van der Waals surface area contributed by atoms with E-state index in [4.69, 9.17) is 5.73 Å². The number of anilines is 2. The van der Waals surface area contributed by atoms with Crippen molar-refractivity contribution in [1.82, 2.24) is 25.1 Å². The topological polar surface area (TPSA) is 114 Å². The van der Waals surface area contributed by atoms with Gasteiger partial charge in [-0.25, -0.2) is 4.98 Å². The molecule has 1 aliphatic rings. The van der Waals surface area contributed by atoms with E-state index in [1.54, 1.807) is 6.20 Å². The lowest BCUT2D eigenvalue weighted by atomic mass is 9.93. The molecular weight excluding hydrogens is 390 g/mol. The van der Waals surface area contributed by atoms with E-state index < -0.39 is 0 Å². The van der Waals surface area contributed by atoms with E-state index in [0.717, 1.165) is 30.4 Å². The lowest BCUT2D eigenvalue weighted by Gasteiger charge is -2.26. The highest BCUT2D eigenvalue weighted by Gasteiger charge is 2.17. The normalized spacial score (nSPS) is 15.2. The number of aliphatic hydroxyl groups is 1. The van der Waals surface area contributed by atoms with Crippen molar-refractivity contribution in [3.63, 3.8) is 0 Å². The van der Waals surface area contributed by atoms with Crippen LogP contribution in [-0.4, -0.2) is 43.5 Å². The van der Waals surface area contributed by atoms with Crippen LogP contribution in [0.4, 0.5) is 11.8 Å². The first-order chi connectivity index (χ1) is 15.2. The van der Waals surface area contributed by atoms with Gasteiger partial charge in [0.2, 0.25) is 5.95 Å². The maximum Gasteiger partial charge on any atom is 0.222 e. The standard InChI is InChI=1S/C23H33N7O/c1-2-4-19(11-12-31)27-22-21-20(28-23(24)29-22)14-26-30(21)15-17-9-7-16(8-10-17)13-25-18-5-3-6-18/h7-10,14,18-19,25,31H,2-6,11-13,15H2,1H3,(H3,24,27,28,29)/t19-/m0/s1. The van der Waals surface area contributed by atoms with E-state index in [1.165, 1.54) is 30.4 Å². The SMILES string of the molecule is CCC[C@@H](CCO)Nc1nc(N)nc2cnn(Cc3ccc(CNC4CCC4)cc3)c12. The molecule has 0 bridgehead atoms. The second-order valence-corrected chi connectivity index (χ2v) is 8.43. The fraction of sp³-hybridized carbons (Fsp3) is 0.522. The molecule has 8 nitrogen and oxygen atoms in total. The van der Waals surface area contributed by atoms with Gasteiger partial charge in [-0.05, 0) is 36.8 Å². The second-order valence-electron chi connectivity index (χ2n) is 8.43. The largest absolute Gasteiger partial charge is 0.396 e. The zero-order valence-electron chi connectivity index (χ0n) is 18.2. The van der Waals surface area contributed by atoms with Crippen molar-refractivity contribution in [2.45, 2.75) is 70.6 Å². The van der Waals surface area contributed by atoms with Gasteiger partial charge in [-0.3, -0.25) is 4.68 Å². The smallest absolute Gasteiger partial charge is 0.222 e. The van der Waals surface area contributed by atoms with Gasteiger partial charge in [0.15, 0.2) is 5.82 Å². The third kappa shape index (κ3) is 5.32. The highest BCUT2D eigenvalue weighted by Crippen LogP contribution is 2.24. The van der Waals surface area contributed by atoms with Crippen molar-refractivity contribution < 1.29 is 5.11 Å². The number of hydrogen-bond donors (Lipinski definition) is 4. The van der Waals surface area contributed by atoms with Gasteiger partial charge in [-0.15, -0.1) is 0 Å². The molecule has 0 spiro atoms. The quantitative estimate of drug-likeness (QED) is 0.375. The summed E-state index contributed by atoms with van der Waals surface area (Å²) in [5.74, 6) is 0.894. The molecule has 8 heteroatoms. The zero-order valence-corrected chi connectivity index (χ0v) is 18.2. The fourth-order valence-electron chi connectivity index (χ4n) is 4.03. The molecule has 1 aliphatic carbocycles. The average molecular weight is 424 g/mol. The Hall–Kier alpha value is -2.71. The number of hydrogen-bond acceptors (Lipinski definition) is 7. The van der Waals surface area contributed by atoms with Crippen LogP contribution in [-0.2, 0) is 13.1 Å². The molecule has 166 valence electrons. The summed E-state index contributed by atoms with van der Waals surface area (Å²) in [6.07, 6.45) is 8.29. The minimum Gasteiger partial charge on any atom is -0.396 e.